The average molecular weight is 293 g/mol. The summed E-state index contributed by atoms with van der Waals surface area (Å²) < 4.78 is 0. The van der Waals surface area contributed by atoms with Crippen LogP contribution in [0.2, 0.25) is 0 Å². The molecule has 120 valence electrons. The average Bonchev–Trinajstić information content (AvgIpc) is 2.99. The zero-order chi connectivity index (χ0) is 14.8. The third-order valence-electron chi connectivity index (χ3n) is 5.85. The fraction of sp³-hybridized carbons (Fsp3) is 0.941. The second-order valence-corrected chi connectivity index (χ2v) is 7.43. The highest BCUT2D eigenvalue weighted by atomic mass is 16.2. The Morgan fingerprint density at radius 1 is 1.05 bits per heavy atom. The Kier molecular flexibility index (Phi) is 4.85. The molecule has 0 radical (unpaired) electrons. The standard InChI is InChI=1S/C17H31N3O/c1-13-5-6-14(2)16(12-13)20-9-3-4-15(20)17(21)19-10-7-18-8-11-19/h13-16,18H,3-12H2,1-2H3. The summed E-state index contributed by atoms with van der Waals surface area (Å²) in [5, 5.41) is 3.34. The Balaban J connectivity index is 1.68. The van der Waals surface area contributed by atoms with E-state index in [-0.39, 0.29) is 6.04 Å². The number of amides is 1. The van der Waals surface area contributed by atoms with E-state index in [2.05, 4.69) is 29.0 Å². The van der Waals surface area contributed by atoms with E-state index in [0.717, 1.165) is 51.0 Å². The summed E-state index contributed by atoms with van der Waals surface area (Å²) in [6, 6.07) is 0.800. The summed E-state index contributed by atoms with van der Waals surface area (Å²) in [5.41, 5.74) is 0. The molecule has 3 aliphatic rings. The third-order valence-corrected chi connectivity index (χ3v) is 5.85. The second-order valence-electron chi connectivity index (χ2n) is 7.43. The van der Waals surface area contributed by atoms with Crippen LogP contribution in [0.3, 0.4) is 0 Å². The van der Waals surface area contributed by atoms with Gasteiger partial charge in [0.25, 0.3) is 0 Å². The lowest BCUT2D eigenvalue weighted by Gasteiger charge is -2.42. The maximum absolute atomic E-state index is 12.9. The summed E-state index contributed by atoms with van der Waals surface area (Å²) in [4.78, 5) is 17.6. The number of piperazine rings is 1. The molecule has 0 aromatic rings. The lowest BCUT2D eigenvalue weighted by atomic mass is 9.79. The van der Waals surface area contributed by atoms with Crippen LogP contribution in [0.15, 0.2) is 0 Å². The minimum absolute atomic E-state index is 0.167. The SMILES string of the molecule is CC1CCC(C)C(N2CCCC2C(=O)N2CCNCC2)C1. The zero-order valence-electron chi connectivity index (χ0n) is 13.7. The molecule has 1 N–H and O–H groups in total. The molecule has 0 aromatic heterocycles. The first kappa shape index (κ1) is 15.3. The zero-order valence-corrected chi connectivity index (χ0v) is 13.7. The van der Waals surface area contributed by atoms with Crippen molar-refractivity contribution in [2.24, 2.45) is 11.8 Å². The van der Waals surface area contributed by atoms with Gasteiger partial charge in [-0.3, -0.25) is 9.69 Å². The largest absolute Gasteiger partial charge is 0.339 e. The second kappa shape index (κ2) is 6.66. The molecule has 1 aliphatic carbocycles. The summed E-state index contributed by atoms with van der Waals surface area (Å²) in [6.07, 6.45) is 6.24. The molecule has 2 aliphatic heterocycles. The van der Waals surface area contributed by atoms with Crippen molar-refractivity contribution in [1.29, 1.82) is 0 Å². The molecule has 1 amide bonds. The van der Waals surface area contributed by atoms with Crippen LogP contribution in [0.25, 0.3) is 0 Å². The highest BCUT2D eigenvalue weighted by Gasteiger charge is 2.40. The van der Waals surface area contributed by atoms with Crippen molar-refractivity contribution in [3.05, 3.63) is 0 Å². The van der Waals surface area contributed by atoms with Crippen molar-refractivity contribution in [1.82, 2.24) is 15.1 Å². The maximum Gasteiger partial charge on any atom is 0.240 e. The first-order valence-corrected chi connectivity index (χ1v) is 8.92. The molecule has 2 saturated heterocycles. The molecule has 4 unspecified atom stereocenters. The van der Waals surface area contributed by atoms with Crippen LogP contribution in [-0.2, 0) is 4.79 Å². The van der Waals surface area contributed by atoms with Gasteiger partial charge in [-0.15, -0.1) is 0 Å². The number of nitrogens with one attached hydrogen (secondary N) is 1. The predicted molar refractivity (Wildman–Crippen MR) is 85.1 cm³/mol. The fourth-order valence-electron chi connectivity index (χ4n) is 4.51. The van der Waals surface area contributed by atoms with Gasteiger partial charge in [-0.1, -0.05) is 20.3 Å². The van der Waals surface area contributed by atoms with Gasteiger partial charge in [-0.2, -0.15) is 0 Å². The van der Waals surface area contributed by atoms with Crippen LogP contribution in [0.5, 0.6) is 0 Å². The Morgan fingerprint density at radius 2 is 1.81 bits per heavy atom. The van der Waals surface area contributed by atoms with Gasteiger partial charge >= 0.3 is 0 Å². The molecule has 2 heterocycles. The molecular weight excluding hydrogens is 262 g/mol. The molecular formula is C17H31N3O. The third kappa shape index (κ3) is 3.26. The molecule has 4 atom stereocenters. The predicted octanol–water partition coefficient (Wildman–Crippen LogP) is 1.71. The molecule has 0 bridgehead atoms. The minimum atomic E-state index is 0.167. The molecule has 3 rings (SSSR count). The van der Waals surface area contributed by atoms with Crippen molar-refractivity contribution in [2.45, 2.75) is 58.0 Å². The first-order chi connectivity index (χ1) is 10.2. The summed E-state index contributed by atoms with van der Waals surface area (Å²) in [6.45, 7) is 9.58. The van der Waals surface area contributed by atoms with Crippen LogP contribution in [0, 0.1) is 11.8 Å². The number of hydrogen-bond donors (Lipinski definition) is 1. The van der Waals surface area contributed by atoms with Gasteiger partial charge in [0.05, 0.1) is 6.04 Å². The molecule has 4 heteroatoms. The van der Waals surface area contributed by atoms with Crippen LogP contribution in [-0.4, -0.2) is 60.5 Å². The van der Waals surface area contributed by atoms with Crippen LogP contribution >= 0.6 is 0 Å². The molecule has 0 aromatic carbocycles. The highest BCUT2D eigenvalue weighted by Crippen LogP contribution is 2.36. The number of likely N-dealkylation sites (tertiary alicyclic amines) is 1. The van der Waals surface area contributed by atoms with Crippen LogP contribution in [0.4, 0.5) is 0 Å². The van der Waals surface area contributed by atoms with E-state index in [4.69, 9.17) is 0 Å². The maximum atomic E-state index is 12.9. The van der Waals surface area contributed by atoms with Crippen molar-refractivity contribution in [2.75, 3.05) is 32.7 Å². The molecule has 0 spiro atoms. The summed E-state index contributed by atoms with van der Waals surface area (Å²) in [5.74, 6) is 1.97. The van der Waals surface area contributed by atoms with Crippen molar-refractivity contribution in [3.8, 4) is 0 Å². The Hall–Kier alpha value is -0.610. The van der Waals surface area contributed by atoms with Crippen molar-refractivity contribution >= 4 is 5.91 Å². The number of carbonyl (C=O) groups excluding carboxylic acids is 1. The normalized spacial score (nSPS) is 38.7. The van der Waals surface area contributed by atoms with E-state index in [1.807, 2.05) is 0 Å². The highest BCUT2D eigenvalue weighted by molar-refractivity contribution is 5.82. The molecule has 1 saturated carbocycles. The Labute approximate surface area is 129 Å². The summed E-state index contributed by atoms with van der Waals surface area (Å²) >= 11 is 0. The van der Waals surface area contributed by atoms with Crippen molar-refractivity contribution < 1.29 is 4.79 Å². The van der Waals surface area contributed by atoms with Gasteiger partial charge in [0, 0.05) is 32.2 Å². The van der Waals surface area contributed by atoms with E-state index >= 15 is 0 Å². The van der Waals surface area contributed by atoms with Crippen LogP contribution < -0.4 is 5.32 Å². The number of nitrogens with zero attached hydrogens (tertiary/aromatic N) is 2. The quantitative estimate of drug-likeness (QED) is 0.842. The van der Waals surface area contributed by atoms with Gasteiger partial charge in [-0.25, -0.2) is 0 Å². The van der Waals surface area contributed by atoms with Gasteiger partial charge in [0.15, 0.2) is 0 Å². The topological polar surface area (TPSA) is 35.6 Å². The number of hydrogen-bond acceptors (Lipinski definition) is 3. The number of rotatable bonds is 2. The molecule has 4 nitrogen and oxygen atoms in total. The lowest BCUT2D eigenvalue weighted by Crippen LogP contribution is -2.55. The van der Waals surface area contributed by atoms with E-state index in [1.165, 1.54) is 25.7 Å². The van der Waals surface area contributed by atoms with Crippen LogP contribution in [0.1, 0.15) is 46.0 Å². The summed E-state index contributed by atoms with van der Waals surface area (Å²) in [7, 11) is 0. The molecule has 3 fully saturated rings. The number of carbonyl (C=O) groups is 1. The van der Waals surface area contributed by atoms with E-state index in [1.54, 1.807) is 0 Å². The minimum Gasteiger partial charge on any atom is -0.339 e. The first-order valence-electron chi connectivity index (χ1n) is 8.92. The van der Waals surface area contributed by atoms with Gasteiger partial charge in [0.2, 0.25) is 5.91 Å². The van der Waals surface area contributed by atoms with E-state index < -0.39 is 0 Å². The van der Waals surface area contributed by atoms with Crippen molar-refractivity contribution in [3.63, 3.8) is 0 Å². The smallest absolute Gasteiger partial charge is 0.240 e. The van der Waals surface area contributed by atoms with E-state index in [9.17, 15) is 4.79 Å². The Bertz CT molecular complexity index is 367. The van der Waals surface area contributed by atoms with E-state index in [0.29, 0.717) is 11.9 Å². The van der Waals surface area contributed by atoms with Gasteiger partial charge < -0.3 is 10.2 Å². The lowest BCUT2D eigenvalue weighted by molar-refractivity contribution is -0.138. The van der Waals surface area contributed by atoms with Gasteiger partial charge in [0.1, 0.15) is 0 Å². The monoisotopic (exact) mass is 293 g/mol. The fourth-order valence-corrected chi connectivity index (χ4v) is 4.51. The molecule has 21 heavy (non-hydrogen) atoms. The van der Waals surface area contributed by atoms with Gasteiger partial charge in [-0.05, 0) is 44.1 Å². The Morgan fingerprint density at radius 3 is 2.57 bits per heavy atom.